The monoisotopic (exact) mass is 581 g/mol. The molecule has 0 aliphatic rings. The van der Waals surface area contributed by atoms with Crippen LogP contribution in [0.2, 0.25) is 0 Å². The van der Waals surface area contributed by atoms with E-state index in [1.54, 1.807) is 24.3 Å². The predicted octanol–water partition coefficient (Wildman–Crippen LogP) is 6.68. The highest BCUT2D eigenvalue weighted by atomic mass is 127. The van der Waals surface area contributed by atoms with Gasteiger partial charge < -0.3 is 4.74 Å². The van der Waals surface area contributed by atoms with Crippen molar-refractivity contribution in [2.45, 2.75) is 6.61 Å². The van der Waals surface area contributed by atoms with Crippen LogP contribution in [0.4, 0.5) is 4.39 Å². The molecule has 5 heteroatoms. The zero-order valence-electron chi connectivity index (χ0n) is 14.1. The minimum absolute atomic E-state index is 0.288. The van der Waals surface area contributed by atoms with E-state index in [1.807, 2.05) is 42.5 Å². The molecule has 0 saturated heterocycles. The molecule has 3 rings (SSSR count). The number of benzene rings is 3. The Morgan fingerprint density at radius 3 is 2.44 bits per heavy atom. The second kappa shape index (κ2) is 9.33. The van der Waals surface area contributed by atoms with Crippen LogP contribution in [0.3, 0.4) is 0 Å². The van der Waals surface area contributed by atoms with E-state index in [0.717, 1.165) is 20.4 Å². The van der Waals surface area contributed by atoms with Gasteiger partial charge in [-0.3, -0.25) is 0 Å². The van der Waals surface area contributed by atoms with Crippen molar-refractivity contribution in [2.24, 2.45) is 0 Å². The molecule has 0 unspecified atom stereocenters. The quantitative estimate of drug-likeness (QED) is 0.192. The molecule has 3 aromatic rings. The smallest absolute Gasteiger partial charge is 0.133 e. The van der Waals surface area contributed by atoms with Gasteiger partial charge >= 0.3 is 0 Å². The highest BCUT2D eigenvalue weighted by Crippen LogP contribution is 2.26. The molecule has 0 amide bonds. The molecule has 0 N–H and O–H groups in total. The van der Waals surface area contributed by atoms with Crippen molar-refractivity contribution in [1.82, 2.24) is 0 Å². The summed E-state index contributed by atoms with van der Waals surface area (Å²) in [5.41, 5.74) is 2.51. The zero-order valence-corrected chi connectivity index (χ0v) is 18.4. The van der Waals surface area contributed by atoms with E-state index < -0.39 is 5.82 Å². The van der Waals surface area contributed by atoms with E-state index in [1.165, 1.54) is 9.64 Å². The van der Waals surface area contributed by atoms with Crippen LogP contribution in [-0.4, -0.2) is 0 Å². The largest absolute Gasteiger partial charge is 0.488 e. The van der Waals surface area contributed by atoms with Gasteiger partial charge in [-0.15, -0.1) is 0 Å². The summed E-state index contributed by atoms with van der Waals surface area (Å²) < 4.78 is 22.0. The molecule has 2 nitrogen and oxygen atoms in total. The fourth-order valence-electron chi connectivity index (χ4n) is 2.48. The van der Waals surface area contributed by atoms with Crippen molar-refractivity contribution in [1.29, 1.82) is 5.26 Å². The lowest BCUT2D eigenvalue weighted by Gasteiger charge is -2.09. The summed E-state index contributed by atoms with van der Waals surface area (Å²) in [4.78, 5) is 0. The molecule has 27 heavy (non-hydrogen) atoms. The standard InChI is InChI=1S/C22H14FI2NO/c23-20-4-2-1-3-19(20)17(13-26)11-16-7-10-22(21(25)12-16)27-14-15-5-8-18(24)9-6-15/h1-12H,14H2/b17-11-. The molecule has 0 heterocycles. The summed E-state index contributed by atoms with van der Waals surface area (Å²) >= 11 is 4.47. The van der Waals surface area contributed by atoms with E-state index in [4.69, 9.17) is 4.74 Å². The molecule has 0 radical (unpaired) electrons. The summed E-state index contributed by atoms with van der Waals surface area (Å²) in [5.74, 6) is 0.369. The zero-order chi connectivity index (χ0) is 19.2. The summed E-state index contributed by atoms with van der Waals surface area (Å²) in [6.45, 7) is 0.487. The van der Waals surface area contributed by atoms with E-state index in [-0.39, 0.29) is 5.57 Å². The molecule has 0 aliphatic heterocycles. The van der Waals surface area contributed by atoms with Crippen LogP contribution < -0.4 is 4.74 Å². The minimum atomic E-state index is -0.405. The van der Waals surface area contributed by atoms with Gasteiger partial charge in [-0.2, -0.15) is 5.26 Å². The molecule has 0 saturated carbocycles. The van der Waals surface area contributed by atoms with Crippen LogP contribution in [0.1, 0.15) is 16.7 Å². The highest BCUT2D eigenvalue weighted by molar-refractivity contribution is 14.1. The number of nitrogens with zero attached hydrogens (tertiary/aromatic N) is 1. The summed E-state index contributed by atoms with van der Waals surface area (Å²) in [7, 11) is 0. The second-order valence-electron chi connectivity index (χ2n) is 5.75. The molecular formula is C22H14FI2NO. The molecule has 0 aliphatic carbocycles. The maximum Gasteiger partial charge on any atom is 0.133 e. The van der Waals surface area contributed by atoms with Gasteiger partial charge in [0.1, 0.15) is 18.2 Å². The molecule has 0 aromatic heterocycles. The fraction of sp³-hybridized carbons (Fsp3) is 0.0455. The fourth-order valence-corrected chi connectivity index (χ4v) is 3.54. The number of hydrogen-bond donors (Lipinski definition) is 0. The Kier molecular flexibility index (Phi) is 6.85. The average molecular weight is 581 g/mol. The molecular weight excluding hydrogens is 567 g/mol. The van der Waals surface area contributed by atoms with Crippen LogP contribution in [0.15, 0.2) is 66.7 Å². The van der Waals surface area contributed by atoms with Gasteiger partial charge in [0, 0.05) is 9.13 Å². The lowest BCUT2D eigenvalue weighted by Crippen LogP contribution is -1.97. The van der Waals surface area contributed by atoms with E-state index in [0.29, 0.717) is 12.2 Å². The van der Waals surface area contributed by atoms with Crippen molar-refractivity contribution < 1.29 is 9.13 Å². The Labute approximate surface area is 185 Å². The number of ether oxygens (including phenoxy) is 1. The van der Waals surface area contributed by atoms with Crippen molar-refractivity contribution in [3.63, 3.8) is 0 Å². The van der Waals surface area contributed by atoms with Gasteiger partial charge in [0.2, 0.25) is 0 Å². The lowest BCUT2D eigenvalue weighted by atomic mass is 10.0. The molecule has 0 fully saturated rings. The third kappa shape index (κ3) is 5.30. The predicted molar refractivity (Wildman–Crippen MR) is 123 cm³/mol. The van der Waals surface area contributed by atoms with Crippen molar-refractivity contribution in [3.8, 4) is 11.8 Å². The van der Waals surface area contributed by atoms with E-state index in [9.17, 15) is 9.65 Å². The third-order valence-corrected chi connectivity index (χ3v) is 5.42. The van der Waals surface area contributed by atoms with Crippen LogP contribution in [0.5, 0.6) is 5.75 Å². The minimum Gasteiger partial charge on any atom is -0.488 e. The van der Waals surface area contributed by atoms with Gasteiger partial charge in [-0.1, -0.05) is 36.4 Å². The van der Waals surface area contributed by atoms with Crippen molar-refractivity contribution in [3.05, 3.63) is 96.4 Å². The Balaban J connectivity index is 1.78. The summed E-state index contributed by atoms with van der Waals surface area (Å²) in [6, 6.07) is 22.2. The molecule has 0 bridgehead atoms. The maximum atomic E-state index is 13.9. The molecule has 0 atom stereocenters. The van der Waals surface area contributed by atoms with Crippen LogP contribution in [-0.2, 0) is 6.61 Å². The van der Waals surface area contributed by atoms with Gasteiger partial charge in [-0.25, -0.2) is 4.39 Å². The number of halogens is 3. The van der Waals surface area contributed by atoms with E-state index in [2.05, 4.69) is 51.3 Å². The Morgan fingerprint density at radius 1 is 1.04 bits per heavy atom. The van der Waals surface area contributed by atoms with Gasteiger partial charge in [0.25, 0.3) is 0 Å². The third-order valence-electron chi connectivity index (χ3n) is 3.86. The van der Waals surface area contributed by atoms with Crippen LogP contribution in [0.25, 0.3) is 11.6 Å². The molecule has 134 valence electrons. The highest BCUT2D eigenvalue weighted by Gasteiger charge is 2.08. The topological polar surface area (TPSA) is 33.0 Å². The number of allylic oxidation sites excluding steroid dienone is 1. The van der Waals surface area contributed by atoms with Crippen molar-refractivity contribution >= 4 is 56.8 Å². The van der Waals surface area contributed by atoms with Crippen LogP contribution >= 0.6 is 45.2 Å². The Morgan fingerprint density at radius 2 is 1.78 bits per heavy atom. The second-order valence-corrected chi connectivity index (χ2v) is 8.16. The first kappa shape index (κ1) is 19.8. The van der Waals surface area contributed by atoms with Gasteiger partial charge in [-0.05, 0) is 92.7 Å². The van der Waals surface area contributed by atoms with Crippen LogP contribution in [0, 0.1) is 24.3 Å². The normalized spacial score (nSPS) is 11.1. The first-order chi connectivity index (χ1) is 13.1. The van der Waals surface area contributed by atoms with Gasteiger partial charge in [0.15, 0.2) is 0 Å². The number of hydrogen-bond acceptors (Lipinski definition) is 2. The summed E-state index contributed by atoms with van der Waals surface area (Å²) in [6.07, 6.45) is 1.68. The summed E-state index contributed by atoms with van der Waals surface area (Å²) in [5, 5.41) is 9.41. The Bertz CT molecular complexity index is 1020. The first-order valence-corrected chi connectivity index (χ1v) is 10.3. The SMILES string of the molecule is N#C/C(=C/c1ccc(OCc2ccc(I)cc2)c(I)c1)c1ccccc1F. The molecule has 0 spiro atoms. The molecule has 3 aromatic carbocycles. The maximum absolute atomic E-state index is 13.9. The van der Waals surface area contributed by atoms with Gasteiger partial charge in [0.05, 0.1) is 15.2 Å². The Hall–Kier alpha value is -1.92. The average Bonchev–Trinajstić information content (AvgIpc) is 2.67. The van der Waals surface area contributed by atoms with Crippen molar-refractivity contribution in [2.75, 3.05) is 0 Å². The first-order valence-electron chi connectivity index (χ1n) is 8.10. The van der Waals surface area contributed by atoms with E-state index >= 15 is 0 Å². The number of nitriles is 1. The lowest BCUT2D eigenvalue weighted by molar-refractivity contribution is 0.304. The number of rotatable bonds is 5.